The van der Waals surface area contributed by atoms with E-state index in [-0.39, 0.29) is 10.6 Å². The Morgan fingerprint density at radius 3 is 2.30 bits per heavy atom. The predicted octanol–water partition coefficient (Wildman–Crippen LogP) is 3.12. The molecule has 1 aromatic rings. The van der Waals surface area contributed by atoms with Crippen molar-refractivity contribution in [1.29, 1.82) is 0 Å². The van der Waals surface area contributed by atoms with Crippen molar-refractivity contribution >= 4 is 17.7 Å². The van der Waals surface area contributed by atoms with Crippen molar-refractivity contribution in [3.63, 3.8) is 0 Å². The third kappa shape index (κ3) is 5.46. The molecule has 0 fully saturated rings. The van der Waals surface area contributed by atoms with Crippen LogP contribution in [0, 0.1) is 11.6 Å². The SMILES string of the molecule is CNCc1cc(F)c(SCC(=O)OC(C)(C)C)c(F)c1. The quantitative estimate of drug-likeness (QED) is 0.670. The third-order valence-electron chi connectivity index (χ3n) is 2.19. The van der Waals surface area contributed by atoms with Crippen molar-refractivity contribution in [1.82, 2.24) is 5.32 Å². The number of thioether (sulfide) groups is 1. The number of rotatable bonds is 5. The Kier molecular flexibility index (Phi) is 5.95. The molecule has 6 heteroatoms. The fourth-order valence-corrected chi connectivity index (χ4v) is 2.27. The van der Waals surface area contributed by atoms with Crippen LogP contribution in [-0.2, 0) is 16.1 Å². The van der Waals surface area contributed by atoms with E-state index in [1.807, 2.05) is 0 Å². The zero-order chi connectivity index (χ0) is 15.3. The summed E-state index contributed by atoms with van der Waals surface area (Å²) >= 11 is 0.804. The molecule has 0 aliphatic carbocycles. The molecule has 0 amide bonds. The lowest BCUT2D eigenvalue weighted by atomic mass is 10.2. The second kappa shape index (κ2) is 7.04. The highest BCUT2D eigenvalue weighted by Crippen LogP contribution is 2.27. The summed E-state index contributed by atoms with van der Waals surface area (Å²) < 4.78 is 32.7. The van der Waals surface area contributed by atoms with Crippen molar-refractivity contribution in [3.05, 3.63) is 29.3 Å². The molecule has 1 aromatic carbocycles. The van der Waals surface area contributed by atoms with E-state index in [2.05, 4.69) is 5.32 Å². The normalized spacial score (nSPS) is 11.5. The summed E-state index contributed by atoms with van der Waals surface area (Å²) in [4.78, 5) is 11.4. The van der Waals surface area contributed by atoms with Crippen LogP contribution in [0.1, 0.15) is 26.3 Å². The molecule has 0 heterocycles. The van der Waals surface area contributed by atoms with Crippen molar-refractivity contribution in [2.75, 3.05) is 12.8 Å². The molecular weight excluding hydrogens is 284 g/mol. The summed E-state index contributed by atoms with van der Waals surface area (Å²) in [6.45, 7) is 5.60. The van der Waals surface area contributed by atoms with Crippen LogP contribution >= 0.6 is 11.8 Å². The number of benzene rings is 1. The van der Waals surface area contributed by atoms with Gasteiger partial charge in [0.25, 0.3) is 0 Å². The standard InChI is InChI=1S/C14H19F2NO2S/c1-14(2,3)19-12(18)8-20-13-10(15)5-9(7-17-4)6-11(13)16/h5-6,17H,7-8H2,1-4H3. The molecule has 0 saturated heterocycles. The van der Waals surface area contributed by atoms with Crippen LogP contribution in [0.2, 0.25) is 0 Å². The van der Waals surface area contributed by atoms with Crippen LogP contribution < -0.4 is 5.32 Å². The van der Waals surface area contributed by atoms with Gasteiger partial charge in [-0.1, -0.05) is 0 Å². The first kappa shape index (κ1) is 16.9. The van der Waals surface area contributed by atoms with Crippen LogP contribution in [0.5, 0.6) is 0 Å². The molecule has 0 aromatic heterocycles. The number of ether oxygens (including phenoxy) is 1. The summed E-state index contributed by atoms with van der Waals surface area (Å²) in [5, 5.41) is 2.82. The number of nitrogens with one attached hydrogen (secondary N) is 1. The van der Waals surface area contributed by atoms with Crippen LogP contribution in [0.3, 0.4) is 0 Å². The minimum absolute atomic E-state index is 0.128. The van der Waals surface area contributed by atoms with Gasteiger partial charge in [0.1, 0.15) is 17.2 Å². The van der Waals surface area contributed by atoms with E-state index in [1.54, 1.807) is 27.8 Å². The summed E-state index contributed by atoms with van der Waals surface area (Å²) in [6, 6.07) is 2.52. The second-order valence-electron chi connectivity index (χ2n) is 5.29. The minimum atomic E-state index is -0.663. The molecule has 0 atom stereocenters. The zero-order valence-corrected chi connectivity index (χ0v) is 12.9. The summed E-state index contributed by atoms with van der Waals surface area (Å²) in [7, 11) is 1.70. The molecule has 1 rings (SSSR count). The van der Waals surface area contributed by atoms with E-state index in [4.69, 9.17) is 4.74 Å². The largest absolute Gasteiger partial charge is 0.459 e. The average molecular weight is 303 g/mol. The molecule has 0 spiro atoms. The van der Waals surface area contributed by atoms with E-state index < -0.39 is 23.2 Å². The van der Waals surface area contributed by atoms with Crippen LogP contribution in [-0.4, -0.2) is 24.4 Å². The maximum absolute atomic E-state index is 13.8. The number of carbonyl (C=O) groups excluding carboxylic acids is 1. The van der Waals surface area contributed by atoms with Gasteiger partial charge in [-0.3, -0.25) is 4.79 Å². The monoisotopic (exact) mass is 303 g/mol. The second-order valence-corrected chi connectivity index (χ2v) is 6.28. The highest BCUT2D eigenvalue weighted by Gasteiger charge is 2.18. The highest BCUT2D eigenvalue weighted by atomic mass is 32.2. The van der Waals surface area contributed by atoms with Crippen molar-refractivity contribution in [2.24, 2.45) is 0 Å². The maximum Gasteiger partial charge on any atom is 0.316 e. The Morgan fingerprint density at radius 1 is 1.30 bits per heavy atom. The Balaban J connectivity index is 2.71. The van der Waals surface area contributed by atoms with E-state index in [1.165, 1.54) is 12.1 Å². The van der Waals surface area contributed by atoms with Gasteiger partial charge in [0.15, 0.2) is 0 Å². The van der Waals surface area contributed by atoms with Crippen LogP contribution in [0.15, 0.2) is 17.0 Å². The van der Waals surface area contributed by atoms with Gasteiger partial charge in [-0.25, -0.2) is 8.78 Å². The van der Waals surface area contributed by atoms with E-state index >= 15 is 0 Å². The molecule has 0 radical (unpaired) electrons. The lowest BCUT2D eigenvalue weighted by Gasteiger charge is -2.19. The van der Waals surface area contributed by atoms with Crippen molar-refractivity contribution in [2.45, 2.75) is 37.8 Å². The molecule has 0 aliphatic rings. The van der Waals surface area contributed by atoms with Gasteiger partial charge in [-0.05, 0) is 45.5 Å². The molecule has 20 heavy (non-hydrogen) atoms. The van der Waals surface area contributed by atoms with Gasteiger partial charge in [0, 0.05) is 6.54 Å². The molecule has 0 bridgehead atoms. The van der Waals surface area contributed by atoms with Crippen molar-refractivity contribution in [3.8, 4) is 0 Å². The predicted molar refractivity (Wildman–Crippen MR) is 75.7 cm³/mol. The Bertz CT molecular complexity index is 464. The van der Waals surface area contributed by atoms with Gasteiger partial charge in [0.2, 0.25) is 0 Å². The lowest BCUT2D eigenvalue weighted by molar-refractivity contribution is -0.151. The highest BCUT2D eigenvalue weighted by molar-refractivity contribution is 8.00. The van der Waals surface area contributed by atoms with Gasteiger partial charge < -0.3 is 10.1 Å². The maximum atomic E-state index is 13.8. The van der Waals surface area contributed by atoms with E-state index in [9.17, 15) is 13.6 Å². The zero-order valence-electron chi connectivity index (χ0n) is 12.0. The molecule has 3 nitrogen and oxygen atoms in total. The van der Waals surface area contributed by atoms with Crippen LogP contribution in [0.4, 0.5) is 8.78 Å². The first-order chi connectivity index (χ1) is 9.23. The minimum Gasteiger partial charge on any atom is -0.459 e. The first-order valence-electron chi connectivity index (χ1n) is 6.20. The number of hydrogen-bond donors (Lipinski definition) is 1. The van der Waals surface area contributed by atoms with E-state index in [0.717, 1.165) is 11.8 Å². The number of halogens is 2. The third-order valence-corrected chi connectivity index (χ3v) is 3.25. The van der Waals surface area contributed by atoms with Gasteiger partial charge in [-0.15, -0.1) is 11.8 Å². The number of esters is 1. The average Bonchev–Trinajstić information content (AvgIpc) is 2.25. The summed E-state index contributed by atoms with van der Waals surface area (Å²) in [6.07, 6.45) is 0. The Hall–Kier alpha value is -1.14. The van der Waals surface area contributed by atoms with Gasteiger partial charge in [0.05, 0.1) is 10.6 Å². The first-order valence-corrected chi connectivity index (χ1v) is 7.18. The van der Waals surface area contributed by atoms with Gasteiger partial charge >= 0.3 is 5.97 Å². The number of hydrogen-bond acceptors (Lipinski definition) is 4. The Morgan fingerprint density at radius 2 is 1.85 bits per heavy atom. The van der Waals surface area contributed by atoms with Crippen molar-refractivity contribution < 1.29 is 18.3 Å². The van der Waals surface area contributed by atoms with E-state index in [0.29, 0.717) is 12.1 Å². The topological polar surface area (TPSA) is 38.3 Å². The summed E-state index contributed by atoms with van der Waals surface area (Å²) in [5.41, 5.74) is -0.0881. The fourth-order valence-electron chi connectivity index (χ4n) is 1.56. The summed E-state index contributed by atoms with van der Waals surface area (Å²) in [5.74, 6) is -1.95. The molecule has 112 valence electrons. The molecule has 0 aliphatic heterocycles. The lowest BCUT2D eigenvalue weighted by Crippen LogP contribution is -2.25. The van der Waals surface area contributed by atoms with Gasteiger partial charge in [-0.2, -0.15) is 0 Å². The molecular formula is C14H19F2NO2S. The van der Waals surface area contributed by atoms with Crippen LogP contribution in [0.25, 0.3) is 0 Å². The number of carbonyl (C=O) groups is 1. The Labute approximate surface area is 122 Å². The molecule has 1 N–H and O–H groups in total. The smallest absolute Gasteiger partial charge is 0.316 e. The fraction of sp³-hybridized carbons (Fsp3) is 0.500. The molecule has 0 unspecified atom stereocenters. The molecule has 0 saturated carbocycles.